The van der Waals surface area contributed by atoms with Crippen LogP contribution in [0.25, 0.3) is 0 Å². The van der Waals surface area contributed by atoms with E-state index in [1.165, 1.54) is 70.6 Å². The van der Waals surface area contributed by atoms with Gasteiger partial charge in [-0.3, -0.25) is 14.4 Å². The Morgan fingerprint density at radius 2 is 0.710 bits per heavy atom. The minimum atomic E-state index is -0.825. The predicted molar refractivity (Wildman–Crippen MR) is 265 cm³/mol. The summed E-state index contributed by atoms with van der Waals surface area (Å²) in [7, 11) is 0. The lowest BCUT2D eigenvalue weighted by atomic mass is 10.1. The summed E-state index contributed by atoms with van der Waals surface area (Å²) in [6, 6.07) is 0. The molecule has 0 aliphatic carbocycles. The van der Waals surface area contributed by atoms with E-state index in [1.807, 2.05) is 36.5 Å². The normalized spacial score (nSPS) is 13.0. The van der Waals surface area contributed by atoms with Gasteiger partial charge in [0.05, 0.1) is 0 Å². The van der Waals surface area contributed by atoms with Crippen molar-refractivity contribution >= 4 is 17.9 Å². The third-order valence-corrected chi connectivity index (χ3v) is 10.1. The van der Waals surface area contributed by atoms with Crippen LogP contribution in [0.5, 0.6) is 0 Å². The molecule has 0 aromatic heterocycles. The third kappa shape index (κ3) is 47.1. The van der Waals surface area contributed by atoms with E-state index in [0.29, 0.717) is 12.8 Å². The van der Waals surface area contributed by atoms with Crippen LogP contribution >= 0.6 is 0 Å². The van der Waals surface area contributed by atoms with Crippen LogP contribution in [0.2, 0.25) is 0 Å². The van der Waals surface area contributed by atoms with E-state index in [-0.39, 0.29) is 44.0 Å². The van der Waals surface area contributed by atoms with Gasteiger partial charge in [-0.2, -0.15) is 0 Å². The van der Waals surface area contributed by atoms with Crippen LogP contribution in [0.15, 0.2) is 109 Å². The molecule has 0 aliphatic heterocycles. The monoisotopic (exact) mass is 859 g/mol. The summed E-state index contributed by atoms with van der Waals surface area (Å²) in [5.41, 5.74) is 0. The summed E-state index contributed by atoms with van der Waals surface area (Å²) in [5, 5.41) is 0. The number of ether oxygens (including phenoxy) is 3. The topological polar surface area (TPSA) is 78.9 Å². The van der Waals surface area contributed by atoms with E-state index in [2.05, 4.69) is 93.7 Å². The Kier molecular flexibility index (Phi) is 46.6. The van der Waals surface area contributed by atoms with Crippen LogP contribution in [-0.4, -0.2) is 37.2 Å². The molecule has 0 N–H and O–H groups in total. The van der Waals surface area contributed by atoms with Crippen molar-refractivity contribution in [1.29, 1.82) is 0 Å². The highest BCUT2D eigenvalue weighted by molar-refractivity contribution is 5.71. The summed E-state index contributed by atoms with van der Waals surface area (Å²) in [6.07, 6.45) is 66.5. The van der Waals surface area contributed by atoms with Gasteiger partial charge in [0.1, 0.15) is 13.2 Å². The molecule has 0 spiro atoms. The highest BCUT2D eigenvalue weighted by atomic mass is 16.6. The molecule has 6 heteroatoms. The lowest BCUT2D eigenvalue weighted by Gasteiger charge is -2.18. The molecule has 0 aromatic carbocycles. The van der Waals surface area contributed by atoms with E-state index < -0.39 is 6.10 Å². The van der Waals surface area contributed by atoms with Crippen molar-refractivity contribution in [1.82, 2.24) is 0 Å². The highest BCUT2D eigenvalue weighted by Gasteiger charge is 2.19. The van der Waals surface area contributed by atoms with Crippen molar-refractivity contribution in [3.8, 4) is 0 Å². The molecule has 0 bridgehead atoms. The Balaban J connectivity index is 4.57. The molecule has 0 saturated heterocycles. The summed E-state index contributed by atoms with van der Waals surface area (Å²) < 4.78 is 16.7. The number of unbranched alkanes of at least 4 members (excludes halogenated alkanes) is 17. The molecule has 62 heavy (non-hydrogen) atoms. The molecule has 0 aromatic rings. The van der Waals surface area contributed by atoms with Crippen LogP contribution in [0.1, 0.15) is 207 Å². The molecular weight excluding hydrogens is 769 g/mol. The van der Waals surface area contributed by atoms with Crippen molar-refractivity contribution in [2.75, 3.05) is 13.2 Å². The quantitative estimate of drug-likeness (QED) is 0.0200. The number of hydrogen-bond acceptors (Lipinski definition) is 6. The Hall–Kier alpha value is -3.93. The van der Waals surface area contributed by atoms with Gasteiger partial charge >= 0.3 is 17.9 Å². The van der Waals surface area contributed by atoms with Gasteiger partial charge in [-0.05, 0) is 103 Å². The second-order valence-electron chi connectivity index (χ2n) is 16.1. The van der Waals surface area contributed by atoms with Gasteiger partial charge in [-0.15, -0.1) is 0 Å². The lowest BCUT2D eigenvalue weighted by Crippen LogP contribution is -2.30. The Labute approximate surface area is 380 Å². The third-order valence-electron chi connectivity index (χ3n) is 10.1. The maximum atomic E-state index is 12.8. The molecule has 0 amide bonds. The van der Waals surface area contributed by atoms with Crippen LogP contribution in [0.3, 0.4) is 0 Å². The molecule has 0 fully saturated rings. The number of hydrogen-bond donors (Lipinski definition) is 0. The van der Waals surface area contributed by atoms with E-state index in [1.54, 1.807) is 0 Å². The van der Waals surface area contributed by atoms with E-state index in [9.17, 15) is 14.4 Å². The van der Waals surface area contributed by atoms with Crippen molar-refractivity contribution in [2.45, 2.75) is 213 Å². The van der Waals surface area contributed by atoms with Gasteiger partial charge in [0.15, 0.2) is 6.10 Å². The average molecular weight is 859 g/mol. The number of allylic oxidation sites excluding steroid dienone is 18. The first-order valence-electron chi connectivity index (χ1n) is 24.9. The number of carbonyl (C=O) groups excluding carboxylic acids is 3. The Morgan fingerprint density at radius 1 is 0.355 bits per heavy atom. The fourth-order valence-electron chi connectivity index (χ4n) is 6.32. The number of rotatable bonds is 43. The SMILES string of the molecule is CC/C=C/C=C/C=C/C=C/CCCCCC(=O)OCC(COC(=O)CCC/C=C/C/C=C/C/C=C/C/C=C/CCCCC)OC(=O)CCCCC/C=C/CCCCCCCCC. The van der Waals surface area contributed by atoms with Crippen molar-refractivity contribution in [2.24, 2.45) is 0 Å². The van der Waals surface area contributed by atoms with Gasteiger partial charge in [0, 0.05) is 19.3 Å². The lowest BCUT2D eigenvalue weighted by molar-refractivity contribution is -0.167. The molecule has 0 rings (SSSR count). The Bertz CT molecular complexity index is 1310. The molecule has 0 aliphatic rings. The smallest absolute Gasteiger partial charge is 0.306 e. The van der Waals surface area contributed by atoms with Gasteiger partial charge < -0.3 is 14.2 Å². The number of esters is 3. The number of carbonyl (C=O) groups is 3. The van der Waals surface area contributed by atoms with Crippen LogP contribution < -0.4 is 0 Å². The van der Waals surface area contributed by atoms with Crippen LogP contribution in [0, 0.1) is 0 Å². The van der Waals surface area contributed by atoms with Crippen molar-refractivity contribution in [3.05, 3.63) is 109 Å². The van der Waals surface area contributed by atoms with E-state index in [4.69, 9.17) is 14.2 Å². The first-order valence-corrected chi connectivity index (χ1v) is 24.9. The zero-order chi connectivity index (χ0) is 45.1. The standard InChI is InChI=1S/C56H90O6/c1-4-7-10-13-16-19-22-25-27-28-29-32-34-37-40-43-46-49-55(58)61-52-53(51-60-54(57)48-45-42-39-36-33-30-24-21-18-15-12-9-6-3)62-56(59)50-47-44-41-38-35-31-26-23-20-17-14-11-8-5-2/h9,12,15-16,18-19,21,24-25,27,29-33,35,37,40,53H,4-8,10-11,13-14,17,20,22-23,26,28,34,36,38-39,41-52H2,1-3H3/b12-9+,18-15+,19-16+,24-21+,27-25+,32-29+,33-30+,35-31+,40-37+. The fraction of sp³-hybridized carbons (Fsp3) is 0.625. The van der Waals surface area contributed by atoms with Crippen molar-refractivity contribution < 1.29 is 28.6 Å². The predicted octanol–water partition coefficient (Wildman–Crippen LogP) is 16.4. The zero-order valence-electron chi connectivity index (χ0n) is 39.8. The Morgan fingerprint density at radius 3 is 1.24 bits per heavy atom. The van der Waals surface area contributed by atoms with E-state index in [0.717, 1.165) is 89.9 Å². The second kappa shape index (κ2) is 49.7. The summed E-state index contributed by atoms with van der Waals surface area (Å²) in [4.78, 5) is 37.9. The maximum absolute atomic E-state index is 12.8. The largest absolute Gasteiger partial charge is 0.462 e. The van der Waals surface area contributed by atoms with Crippen molar-refractivity contribution in [3.63, 3.8) is 0 Å². The molecular formula is C56H90O6. The average Bonchev–Trinajstić information content (AvgIpc) is 3.27. The minimum Gasteiger partial charge on any atom is -0.462 e. The summed E-state index contributed by atoms with van der Waals surface area (Å²) in [6.45, 7) is 6.35. The molecule has 1 atom stereocenters. The summed E-state index contributed by atoms with van der Waals surface area (Å²) in [5.74, 6) is -1.04. The second-order valence-corrected chi connectivity index (χ2v) is 16.1. The van der Waals surface area contributed by atoms with Gasteiger partial charge in [0.25, 0.3) is 0 Å². The first-order chi connectivity index (χ1) is 30.5. The van der Waals surface area contributed by atoms with E-state index >= 15 is 0 Å². The molecule has 6 nitrogen and oxygen atoms in total. The first kappa shape index (κ1) is 58.1. The molecule has 0 heterocycles. The van der Waals surface area contributed by atoms with Crippen LogP contribution in [-0.2, 0) is 28.6 Å². The van der Waals surface area contributed by atoms with Gasteiger partial charge in [-0.1, -0.05) is 194 Å². The molecule has 0 radical (unpaired) electrons. The van der Waals surface area contributed by atoms with Gasteiger partial charge in [0.2, 0.25) is 0 Å². The summed E-state index contributed by atoms with van der Waals surface area (Å²) >= 11 is 0. The minimum absolute atomic E-state index is 0.124. The molecule has 1 unspecified atom stereocenters. The van der Waals surface area contributed by atoms with Crippen LogP contribution in [0.4, 0.5) is 0 Å². The zero-order valence-corrected chi connectivity index (χ0v) is 39.8. The molecule has 0 saturated carbocycles. The van der Waals surface area contributed by atoms with Gasteiger partial charge in [-0.25, -0.2) is 0 Å². The molecule has 350 valence electrons. The fourth-order valence-corrected chi connectivity index (χ4v) is 6.32. The maximum Gasteiger partial charge on any atom is 0.306 e. The highest BCUT2D eigenvalue weighted by Crippen LogP contribution is 2.12.